The fraction of sp³-hybridized carbons (Fsp3) is 0.316. The molecule has 0 aliphatic heterocycles. The van der Waals surface area contributed by atoms with Gasteiger partial charge in [0.1, 0.15) is 5.75 Å². The highest BCUT2D eigenvalue weighted by Gasteiger charge is 2.30. The van der Waals surface area contributed by atoms with Crippen LogP contribution in [0.1, 0.15) is 34.8 Å². The number of nitrogens with one attached hydrogen (secondary N) is 1. The fourth-order valence-electron chi connectivity index (χ4n) is 2.30. The van der Waals surface area contributed by atoms with Crippen LogP contribution in [0.4, 0.5) is 18.9 Å². The number of benzene rings is 2. The van der Waals surface area contributed by atoms with Crippen LogP contribution in [0.2, 0.25) is 0 Å². The van der Waals surface area contributed by atoms with Crippen molar-refractivity contribution in [3.8, 4) is 5.75 Å². The molecule has 1 amide bonds. The van der Waals surface area contributed by atoms with Crippen molar-refractivity contribution in [3.05, 3.63) is 59.2 Å². The first-order valence-corrected chi connectivity index (χ1v) is 8.08. The second kappa shape index (κ2) is 8.71. The SMILES string of the molecule is CCCOCc1cc(C(=O)Nc2ccc(C(F)(F)F)cc2)ccc1OC. The fourth-order valence-corrected chi connectivity index (χ4v) is 2.30. The Kier molecular flexibility index (Phi) is 6.63. The molecule has 4 nitrogen and oxygen atoms in total. The Hall–Kier alpha value is -2.54. The van der Waals surface area contributed by atoms with Crippen LogP contribution < -0.4 is 10.1 Å². The van der Waals surface area contributed by atoms with Crippen LogP contribution in [0, 0.1) is 0 Å². The van der Waals surface area contributed by atoms with Crippen molar-refractivity contribution < 1.29 is 27.4 Å². The van der Waals surface area contributed by atoms with E-state index in [2.05, 4.69) is 5.32 Å². The predicted molar refractivity (Wildman–Crippen MR) is 92.3 cm³/mol. The van der Waals surface area contributed by atoms with Crippen LogP contribution in [0.15, 0.2) is 42.5 Å². The topological polar surface area (TPSA) is 47.6 Å². The van der Waals surface area contributed by atoms with Gasteiger partial charge < -0.3 is 14.8 Å². The molecule has 0 aliphatic rings. The first kappa shape index (κ1) is 19.8. The number of hydrogen-bond acceptors (Lipinski definition) is 3. The molecule has 0 spiro atoms. The Bertz CT molecular complexity index is 743. The van der Waals surface area contributed by atoms with Crippen molar-refractivity contribution >= 4 is 11.6 Å². The summed E-state index contributed by atoms with van der Waals surface area (Å²) < 4.78 is 48.5. The van der Waals surface area contributed by atoms with Gasteiger partial charge in [-0.15, -0.1) is 0 Å². The molecule has 2 aromatic carbocycles. The molecule has 0 saturated carbocycles. The zero-order valence-electron chi connectivity index (χ0n) is 14.5. The average molecular weight is 367 g/mol. The molecule has 0 aromatic heterocycles. The highest BCUT2D eigenvalue weighted by atomic mass is 19.4. The van der Waals surface area contributed by atoms with Gasteiger partial charge in [-0.3, -0.25) is 4.79 Å². The van der Waals surface area contributed by atoms with E-state index in [0.717, 1.165) is 24.1 Å². The molecular weight excluding hydrogens is 347 g/mol. The summed E-state index contributed by atoms with van der Waals surface area (Å²) >= 11 is 0. The molecule has 0 aliphatic carbocycles. The molecule has 2 aromatic rings. The largest absolute Gasteiger partial charge is 0.496 e. The third kappa shape index (κ3) is 5.23. The molecule has 140 valence electrons. The van der Waals surface area contributed by atoms with E-state index in [0.29, 0.717) is 24.5 Å². The van der Waals surface area contributed by atoms with E-state index in [9.17, 15) is 18.0 Å². The summed E-state index contributed by atoms with van der Waals surface area (Å²) in [4.78, 5) is 12.4. The van der Waals surface area contributed by atoms with Crippen LogP contribution in [0.3, 0.4) is 0 Å². The molecule has 26 heavy (non-hydrogen) atoms. The third-order valence-electron chi connectivity index (χ3n) is 3.62. The highest BCUT2D eigenvalue weighted by molar-refractivity contribution is 6.04. The van der Waals surface area contributed by atoms with Gasteiger partial charge in [-0.25, -0.2) is 0 Å². The van der Waals surface area contributed by atoms with E-state index in [1.165, 1.54) is 19.2 Å². The highest BCUT2D eigenvalue weighted by Crippen LogP contribution is 2.30. The van der Waals surface area contributed by atoms with Gasteiger partial charge in [0.05, 0.1) is 19.3 Å². The normalized spacial score (nSPS) is 11.3. The van der Waals surface area contributed by atoms with Gasteiger partial charge >= 0.3 is 6.18 Å². The lowest BCUT2D eigenvalue weighted by Gasteiger charge is -2.12. The number of methoxy groups -OCH3 is 1. The van der Waals surface area contributed by atoms with Crippen molar-refractivity contribution in [1.82, 2.24) is 0 Å². The summed E-state index contributed by atoms with van der Waals surface area (Å²) in [6.07, 6.45) is -3.54. The molecule has 1 N–H and O–H groups in total. The van der Waals surface area contributed by atoms with Gasteiger partial charge in [0, 0.05) is 23.4 Å². The quantitative estimate of drug-likeness (QED) is 0.709. The lowest BCUT2D eigenvalue weighted by molar-refractivity contribution is -0.137. The lowest BCUT2D eigenvalue weighted by Crippen LogP contribution is -2.13. The first-order chi connectivity index (χ1) is 12.3. The van der Waals surface area contributed by atoms with Gasteiger partial charge in [-0.05, 0) is 48.9 Å². The van der Waals surface area contributed by atoms with E-state index in [1.807, 2.05) is 6.92 Å². The Morgan fingerprint density at radius 3 is 2.38 bits per heavy atom. The maximum atomic E-state index is 12.6. The van der Waals surface area contributed by atoms with Gasteiger partial charge in [0.2, 0.25) is 0 Å². The Morgan fingerprint density at radius 1 is 1.12 bits per heavy atom. The van der Waals surface area contributed by atoms with E-state index in [-0.39, 0.29) is 5.69 Å². The third-order valence-corrected chi connectivity index (χ3v) is 3.62. The standard InChI is InChI=1S/C19H20F3NO3/c1-3-10-26-12-14-11-13(4-9-17(14)25-2)18(24)23-16-7-5-15(6-8-16)19(20,21)22/h4-9,11H,3,10,12H2,1-2H3,(H,23,24). The van der Waals surface area contributed by atoms with Gasteiger partial charge in [0.25, 0.3) is 5.91 Å². The zero-order chi connectivity index (χ0) is 19.2. The van der Waals surface area contributed by atoms with E-state index < -0.39 is 17.6 Å². The van der Waals surface area contributed by atoms with Crippen LogP contribution in [-0.4, -0.2) is 19.6 Å². The summed E-state index contributed by atoms with van der Waals surface area (Å²) in [5.41, 5.74) is 0.597. The maximum absolute atomic E-state index is 12.6. The number of halogens is 3. The number of ether oxygens (including phenoxy) is 2. The summed E-state index contributed by atoms with van der Waals surface area (Å²) in [5.74, 6) is 0.177. The Balaban J connectivity index is 2.12. The van der Waals surface area contributed by atoms with Crippen molar-refractivity contribution in [2.45, 2.75) is 26.1 Å². The molecule has 0 fully saturated rings. The number of carbonyl (C=O) groups excluding carboxylic acids is 1. The smallest absolute Gasteiger partial charge is 0.416 e. The predicted octanol–water partition coefficient (Wildman–Crippen LogP) is 4.89. The summed E-state index contributed by atoms with van der Waals surface area (Å²) in [5, 5.41) is 2.58. The van der Waals surface area contributed by atoms with Crippen LogP contribution in [0.5, 0.6) is 5.75 Å². The molecule has 0 heterocycles. The number of amides is 1. The molecule has 0 unspecified atom stereocenters. The van der Waals surface area contributed by atoms with Gasteiger partial charge in [-0.1, -0.05) is 6.92 Å². The monoisotopic (exact) mass is 367 g/mol. The average Bonchev–Trinajstić information content (AvgIpc) is 2.61. The minimum atomic E-state index is -4.41. The maximum Gasteiger partial charge on any atom is 0.416 e. The molecule has 0 radical (unpaired) electrons. The molecule has 7 heteroatoms. The van der Waals surface area contributed by atoms with Crippen LogP contribution >= 0.6 is 0 Å². The minimum Gasteiger partial charge on any atom is -0.496 e. The number of carbonyl (C=O) groups is 1. The molecule has 0 saturated heterocycles. The Morgan fingerprint density at radius 2 is 1.81 bits per heavy atom. The van der Waals surface area contributed by atoms with E-state index >= 15 is 0 Å². The number of rotatable bonds is 7. The second-order valence-electron chi connectivity index (χ2n) is 5.61. The van der Waals surface area contributed by atoms with Crippen molar-refractivity contribution in [1.29, 1.82) is 0 Å². The second-order valence-corrected chi connectivity index (χ2v) is 5.61. The van der Waals surface area contributed by atoms with E-state index in [4.69, 9.17) is 9.47 Å². The molecule has 0 atom stereocenters. The summed E-state index contributed by atoms with van der Waals surface area (Å²) in [7, 11) is 1.53. The molecular formula is C19H20F3NO3. The molecule has 2 rings (SSSR count). The lowest BCUT2D eigenvalue weighted by atomic mass is 10.1. The van der Waals surface area contributed by atoms with Crippen molar-refractivity contribution in [2.24, 2.45) is 0 Å². The van der Waals surface area contributed by atoms with Crippen molar-refractivity contribution in [2.75, 3.05) is 19.0 Å². The van der Waals surface area contributed by atoms with Crippen molar-refractivity contribution in [3.63, 3.8) is 0 Å². The van der Waals surface area contributed by atoms with Gasteiger partial charge in [-0.2, -0.15) is 13.2 Å². The van der Waals surface area contributed by atoms with Crippen LogP contribution in [0.25, 0.3) is 0 Å². The molecule has 0 bridgehead atoms. The van der Waals surface area contributed by atoms with E-state index in [1.54, 1.807) is 18.2 Å². The number of anilines is 1. The summed E-state index contributed by atoms with van der Waals surface area (Å²) in [6.45, 7) is 2.88. The first-order valence-electron chi connectivity index (χ1n) is 8.08. The number of alkyl halides is 3. The zero-order valence-corrected chi connectivity index (χ0v) is 14.5. The van der Waals surface area contributed by atoms with Gasteiger partial charge in [0.15, 0.2) is 0 Å². The summed E-state index contributed by atoms with van der Waals surface area (Å²) in [6, 6.07) is 9.17. The van der Waals surface area contributed by atoms with Crippen LogP contribution in [-0.2, 0) is 17.5 Å². The Labute approximate surface area is 149 Å². The number of hydrogen-bond donors (Lipinski definition) is 1. The minimum absolute atomic E-state index is 0.280.